The molecule has 15 heavy (non-hydrogen) atoms. The van der Waals surface area contributed by atoms with Gasteiger partial charge in [-0.05, 0) is 17.7 Å². The topological polar surface area (TPSA) is 27.0 Å². The molecule has 2 nitrogen and oxygen atoms in total. The summed E-state index contributed by atoms with van der Waals surface area (Å²) in [6.07, 6.45) is 0.519. The van der Waals surface area contributed by atoms with Gasteiger partial charge in [0, 0.05) is 29.6 Å². The van der Waals surface area contributed by atoms with Gasteiger partial charge < -0.3 is 4.90 Å². The second-order valence-corrected chi connectivity index (χ2v) is 4.42. The SMILES string of the molecule is CN(CCC#N)c1cc(Br)ccc1CCl. The molecule has 0 saturated carbocycles. The average Bonchev–Trinajstić information content (AvgIpc) is 2.25. The Hall–Kier alpha value is -0.720. The zero-order valence-corrected chi connectivity index (χ0v) is 10.8. The van der Waals surface area contributed by atoms with E-state index in [9.17, 15) is 0 Å². The summed E-state index contributed by atoms with van der Waals surface area (Å²) in [6, 6.07) is 8.12. The van der Waals surface area contributed by atoms with E-state index in [0.717, 1.165) is 22.3 Å². The van der Waals surface area contributed by atoms with Crippen LogP contribution in [0, 0.1) is 11.3 Å². The largest absolute Gasteiger partial charge is 0.373 e. The number of nitrogens with zero attached hydrogens (tertiary/aromatic N) is 2. The quantitative estimate of drug-likeness (QED) is 0.792. The first kappa shape index (κ1) is 12.4. The summed E-state index contributed by atoms with van der Waals surface area (Å²) in [5, 5.41) is 8.53. The number of halogens is 2. The van der Waals surface area contributed by atoms with E-state index < -0.39 is 0 Å². The van der Waals surface area contributed by atoms with Crippen molar-refractivity contribution in [3.8, 4) is 6.07 Å². The van der Waals surface area contributed by atoms with Gasteiger partial charge in [-0.15, -0.1) is 11.6 Å². The number of anilines is 1. The van der Waals surface area contributed by atoms with Crippen molar-refractivity contribution in [2.75, 3.05) is 18.5 Å². The van der Waals surface area contributed by atoms with E-state index in [1.807, 2.05) is 30.1 Å². The molecular weight excluding hydrogens is 275 g/mol. The molecule has 0 aliphatic rings. The zero-order valence-electron chi connectivity index (χ0n) is 8.50. The highest BCUT2D eigenvalue weighted by Crippen LogP contribution is 2.25. The van der Waals surface area contributed by atoms with E-state index in [4.69, 9.17) is 16.9 Å². The fourth-order valence-corrected chi connectivity index (χ4v) is 1.92. The lowest BCUT2D eigenvalue weighted by Gasteiger charge is -2.20. The minimum absolute atomic E-state index is 0.486. The Morgan fingerprint density at radius 2 is 2.27 bits per heavy atom. The molecule has 0 atom stereocenters. The molecule has 1 aromatic carbocycles. The molecule has 0 amide bonds. The molecule has 0 unspecified atom stereocenters. The van der Waals surface area contributed by atoms with E-state index in [2.05, 4.69) is 22.0 Å². The van der Waals surface area contributed by atoms with Crippen LogP contribution < -0.4 is 4.90 Å². The lowest BCUT2D eigenvalue weighted by atomic mass is 10.2. The van der Waals surface area contributed by atoms with Crippen molar-refractivity contribution in [3.05, 3.63) is 28.2 Å². The summed E-state index contributed by atoms with van der Waals surface area (Å²) >= 11 is 9.28. The fraction of sp³-hybridized carbons (Fsp3) is 0.364. The van der Waals surface area contributed by atoms with Crippen molar-refractivity contribution in [2.45, 2.75) is 12.3 Å². The number of alkyl halides is 1. The third-order valence-electron chi connectivity index (χ3n) is 2.16. The molecule has 0 aliphatic heterocycles. The van der Waals surface area contributed by atoms with Crippen LogP contribution in [-0.4, -0.2) is 13.6 Å². The van der Waals surface area contributed by atoms with Gasteiger partial charge in [-0.1, -0.05) is 22.0 Å². The molecule has 1 aromatic rings. The molecule has 0 heterocycles. The number of rotatable bonds is 4. The maximum Gasteiger partial charge on any atom is 0.0640 e. The van der Waals surface area contributed by atoms with Crippen LogP contribution in [0.5, 0.6) is 0 Å². The van der Waals surface area contributed by atoms with Gasteiger partial charge in [0.1, 0.15) is 0 Å². The minimum atomic E-state index is 0.486. The van der Waals surface area contributed by atoms with Gasteiger partial charge in [-0.3, -0.25) is 0 Å². The summed E-state index contributed by atoms with van der Waals surface area (Å²) in [6.45, 7) is 0.719. The van der Waals surface area contributed by atoms with Crippen molar-refractivity contribution in [1.29, 1.82) is 5.26 Å². The molecule has 1 rings (SSSR count). The lowest BCUT2D eigenvalue weighted by molar-refractivity contribution is 0.899. The molecule has 0 saturated heterocycles. The molecule has 4 heteroatoms. The highest BCUT2D eigenvalue weighted by atomic mass is 79.9. The third kappa shape index (κ3) is 3.40. The normalized spacial score (nSPS) is 9.73. The minimum Gasteiger partial charge on any atom is -0.373 e. The van der Waals surface area contributed by atoms with Gasteiger partial charge in [0.2, 0.25) is 0 Å². The highest BCUT2D eigenvalue weighted by Gasteiger charge is 2.06. The molecule has 80 valence electrons. The van der Waals surface area contributed by atoms with E-state index in [1.165, 1.54) is 0 Å². The number of nitriles is 1. The molecule has 0 fully saturated rings. The van der Waals surface area contributed by atoms with Crippen LogP contribution >= 0.6 is 27.5 Å². The summed E-state index contributed by atoms with van der Waals surface area (Å²) in [4.78, 5) is 2.05. The standard InChI is InChI=1S/C11H12BrClN2/c1-15(6-2-5-14)11-7-10(12)4-3-9(11)8-13/h3-4,7H,2,6,8H2,1H3. The Kier molecular flexibility index (Phi) is 4.93. The molecule has 0 bridgehead atoms. The Balaban J connectivity index is 2.90. The van der Waals surface area contributed by atoms with Crippen molar-refractivity contribution in [2.24, 2.45) is 0 Å². The molecule has 0 aliphatic carbocycles. The second-order valence-electron chi connectivity index (χ2n) is 3.24. The molecule has 0 aromatic heterocycles. The van der Waals surface area contributed by atoms with Crippen LogP contribution in [0.1, 0.15) is 12.0 Å². The van der Waals surface area contributed by atoms with E-state index >= 15 is 0 Å². The van der Waals surface area contributed by atoms with Crippen LogP contribution in [-0.2, 0) is 5.88 Å². The van der Waals surface area contributed by atoms with Crippen molar-refractivity contribution < 1.29 is 0 Å². The molecule has 0 N–H and O–H groups in total. The molecule has 0 radical (unpaired) electrons. The number of benzene rings is 1. The van der Waals surface area contributed by atoms with Gasteiger partial charge in [0.25, 0.3) is 0 Å². The van der Waals surface area contributed by atoms with Crippen LogP contribution in [0.25, 0.3) is 0 Å². The number of hydrogen-bond acceptors (Lipinski definition) is 2. The average molecular weight is 288 g/mol. The Morgan fingerprint density at radius 1 is 1.53 bits per heavy atom. The van der Waals surface area contributed by atoms with E-state index in [-0.39, 0.29) is 0 Å². The number of hydrogen-bond donors (Lipinski definition) is 0. The highest BCUT2D eigenvalue weighted by molar-refractivity contribution is 9.10. The predicted octanol–water partition coefficient (Wildman–Crippen LogP) is 3.54. The lowest BCUT2D eigenvalue weighted by Crippen LogP contribution is -2.19. The van der Waals surface area contributed by atoms with Gasteiger partial charge in [0.05, 0.1) is 12.5 Å². The Labute approximate surface area is 104 Å². The van der Waals surface area contributed by atoms with Gasteiger partial charge in [-0.25, -0.2) is 0 Å². The predicted molar refractivity (Wildman–Crippen MR) is 67.2 cm³/mol. The monoisotopic (exact) mass is 286 g/mol. The summed E-state index contributed by atoms with van der Waals surface area (Å²) < 4.78 is 1.02. The fourth-order valence-electron chi connectivity index (χ4n) is 1.34. The summed E-state index contributed by atoms with van der Waals surface area (Å²) in [5.74, 6) is 0.486. The van der Waals surface area contributed by atoms with Gasteiger partial charge in [0.15, 0.2) is 0 Å². The van der Waals surface area contributed by atoms with Crippen LogP contribution in [0.3, 0.4) is 0 Å². The zero-order chi connectivity index (χ0) is 11.3. The first-order valence-electron chi connectivity index (χ1n) is 4.61. The van der Waals surface area contributed by atoms with Gasteiger partial charge in [-0.2, -0.15) is 5.26 Å². The molecule has 0 spiro atoms. The van der Waals surface area contributed by atoms with Crippen molar-refractivity contribution >= 4 is 33.2 Å². The van der Waals surface area contributed by atoms with Crippen LogP contribution in [0.4, 0.5) is 5.69 Å². The second kappa shape index (κ2) is 5.99. The Morgan fingerprint density at radius 3 is 2.87 bits per heavy atom. The van der Waals surface area contributed by atoms with Crippen molar-refractivity contribution in [3.63, 3.8) is 0 Å². The maximum atomic E-state index is 8.53. The van der Waals surface area contributed by atoms with Crippen molar-refractivity contribution in [1.82, 2.24) is 0 Å². The third-order valence-corrected chi connectivity index (χ3v) is 2.94. The Bertz CT molecular complexity index is 373. The van der Waals surface area contributed by atoms with E-state index in [0.29, 0.717) is 12.3 Å². The smallest absolute Gasteiger partial charge is 0.0640 e. The maximum absolute atomic E-state index is 8.53. The van der Waals surface area contributed by atoms with E-state index in [1.54, 1.807) is 0 Å². The van der Waals surface area contributed by atoms with Crippen LogP contribution in [0.2, 0.25) is 0 Å². The van der Waals surface area contributed by atoms with Crippen LogP contribution in [0.15, 0.2) is 22.7 Å². The summed E-state index contributed by atoms with van der Waals surface area (Å²) in [7, 11) is 1.97. The molecular formula is C11H12BrClN2. The first-order valence-corrected chi connectivity index (χ1v) is 5.94. The first-order chi connectivity index (χ1) is 7.19. The van der Waals surface area contributed by atoms with Gasteiger partial charge >= 0.3 is 0 Å². The summed E-state index contributed by atoms with van der Waals surface area (Å²) in [5.41, 5.74) is 2.16.